The second-order valence-electron chi connectivity index (χ2n) is 7.56. The minimum Gasteiger partial charge on any atom is -0.399 e. The number of carbonyl (C=O) groups excluding carboxylic acids is 1. The normalized spacial score (nSPS) is 37.2. The molecule has 0 spiro atoms. The third-order valence-electron chi connectivity index (χ3n) is 5.92. The Labute approximate surface area is 126 Å². The number of hydrogen-bond donors (Lipinski definition) is 1. The van der Waals surface area contributed by atoms with Gasteiger partial charge in [0.25, 0.3) is 0 Å². The molecule has 0 heterocycles. The first-order chi connectivity index (χ1) is 10.1. The first kappa shape index (κ1) is 13.1. The molecule has 0 amide bonds. The van der Waals surface area contributed by atoms with Crippen LogP contribution in [0.1, 0.15) is 44.1 Å². The average Bonchev–Trinajstić information content (AvgIpc) is 2.45. The van der Waals surface area contributed by atoms with Crippen molar-refractivity contribution in [1.82, 2.24) is 0 Å². The lowest BCUT2D eigenvalue weighted by molar-refractivity contribution is -0.138. The molecule has 2 heteroatoms. The zero-order valence-electron chi connectivity index (χ0n) is 12.4. The minimum absolute atomic E-state index is 0.0148. The summed E-state index contributed by atoms with van der Waals surface area (Å²) < 4.78 is 0. The summed E-state index contributed by atoms with van der Waals surface area (Å²) in [5.74, 6) is 2.85. The molecule has 1 aromatic rings. The third kappa shape index (κ3) is 2.31. The van der Waals surface area contributed by atoms with Crippen LogP contribution in [0, 0.1) is 23.2 Å². The van der Waals surface area contributed by atoms with Crippen LogP contribution in [0.2, 0.25) is 0 Å². The Bertz CT molecular complexity index is 549. The van der Waals surface area contributed by atoms with E-state index in [-0.39, 0.29) is 5.41 Å². The maximum atomic E-state index is 12.8. The van der Waals surface area contributed by atoms with Gasteiger partial charge < -0.3 is 5.73 Å². The predicted molar refractivity (Wildman–Crippen MR) is 85.5 cm³/mol. The van der Waals surface area contributed by atoms with Crippen LogP contribution in [0.25, 0.3) is 6.08 Å². The fraction of sp³-hybridized carbons (Fsp3) is 0.526. The zero-order chi connectivity index (χ0) is 14.4. The van der Waals surface area contributed by atoms with E-state index in [1.54, 1.807) is 0 Å². The topological polar surface area (TPSA) is 43.1 Å². The lowest BCUT2D eigenvalue weighted by Crippen LogP contribution is -2.49. The molecule has 4 aliphatic rings. The molecular weight excluding hydrogens is 258 g/mol. The summed E-state index contributed by atoms with van der Waals surface area (Å²) in [5.41, 5.74) is 7.50. The largest absolute Gasteiger partial charge is 0.399 e. The number of anilines is 1. The van der Waals surface area contributed by atoms with E-state index in [4.69, 9.17) is 5.73 Å². The fourth-order valence-electron chi connectivity index (χ4n) is 5.37. The van der Waals surface area contributed by atoms with Gasteiger partial charge in [-0.15, -0.1) is 0 Å². The van der Waals surface area contributed by atoms with E-state index in [0.717, 1.165) is 48.3 Å². The van der Waals surface area contributed by atoms with Gasteiger partial charge in [0.2, 0.25) is 0 Å². The number of ketones is 1. The van der Waals surface area contributed by atoms with Gasteiger partial charge in [-0.3, -0.25) is 4.79 Å². The van der Waals surface area contributed by atoms with Crippen molar-refractivity contribution < 1.29 is 4.79 Å². The van der Waals surface area contributed by atoms with Gasteiger partial charge in [0, 0.05) is 11.1 Å². The summed E-state index contributed by atoms with van der Waals surface area (Å²) in [6, 6.07) is 7.71. The number of benzene rings is 1. The van der Waals surface area contributed by atoms with Crippen molar-refractivity contribution in [3.8, 4) is 0 Å². The highest BCUT2D eigenvalue weighted by Crippen LogP contribution is 2.60. The minimum atomic E-state index is -0.0148. The third-order valence-corrected chi connectivity index (χ3v) is 5.92. The maximum Gasteiger partial charge on any atom is 0.161 e. The average molecular weight is 281 g/mol. The highest BCUT2D eigenvalue weighted by molar-refractivity contribution is 5.98. The predicted octanol–water partition coefficient (Wildman–Crippen LogP) is 4.07. The Kier molecular flexibility index (Phi) is 2.95. The molecule has 0 saturated heterocycles. The first-order valence-corrected chi connectivity index (χ1v) is 8.21. The van der Waals surface area contributed by atoms with Gasteiger partial charge >= 0.3 is 0 Å². The van der Waals surface area contributed by atoms with Crippen LogP contribution in [0.3, 0.4) is 0 Å². The lowest BCUT2D eigenvalue weighted by Gasteiger charge is -2.55. The molecule has 2 N–H and O–H groups in total. The lowest BCUT2D eigenvalue weighted by atomic mass is 9.48. The van der Waals surface area contributed by atoms with Crippen LogP contribution < -0.4 is 5.73 Å². The van der Waals surface area contributed by atoms with Gasteiger partial charge in [-0.25, -0.2) is 0 Å². The number of carbonyl (C=O) groups is 1. The fourth-order valence-corrected chi connectivity index (χ4v) is 5.37. The SMILES string of the molecule is Nc1ccc(/C=C/C(=O)C23CC4CC(CC(C4)C2)C3)cc1. The Balaban J connectivity index is 1.53. The molecule has 0 unspecified atom stereocenters. The molecule has 0 aromatic heterocycles. The molecule has 4 bridgehead atoms. The Hall–Kier alpha value is -1.57. The molecule has 21 heavy (non-hydrogen) atoms. The van der Waals surface area contributed by atoms with Crippen LogP contribution in [-0.4, -0.2) is 5.78 Å². The molecule has 5 rings (SSSR count). The van der Waals surface area contributed by atoms with Crippen molar-refractivity contribution in [3.63, 3.8) is 0 Å². The van der Waals surface area contributed by atoms with Gasteiger partial charge in [0.15, 0.2) is 5.78 Å². The Morgan fingerprint density at radius 2 is 1.52 bits per heavy atom. The summed E-state index contributed by atoms with van der Waals surface area (Å²) in [6.07, 6.45) is 11.4. The molecule has 4 fully saturated rings. The Morgan fingerprint density at radius 1 is 1.00 bits per heavy atom. The summed E-state index contributed by atoms with van der Waals surface area (Å²) >= 11 is 0. The number of allylic oxidation sites excluding steroid dienone is 1. The molecular formula is C19H23NO. The van der Waals surface area contributed by atoms with Crippen molar-refractivity contribution in [2.75, 3.05) is 5.73 Å². The monoisotopic (exact) mass is 281 g/mol. The van der Waals surface area contributed by atoms with Gasteiger partial charge in [0.1, 0.15) is 0 Å². The molecule has 0 aliphatic heterocycles. The van der Waals surface area contributed by atoms with E-state index in [1.807, 2.05) is 36.4 Å². The van der Waals surface area contributed by atoms with Crippen LogP contribution in [0.15, 0.2) is 30.3 Å². The van der Waals surface area contributed by atoms with Crippen molar-refractivity contribution in [3.05, 3.63) is 35.9 Å². The van der Waals surface area contributed by atoms with Gasteiger partial charge in [-0.2, -0.15) is 0 Å². The summed E-state index contributed by atoms with van der Waals surface area (Å²) in [6.45, 7) is 0. The molecule has 0 atom stereocenters. The molecule has 0 radical (unpaired) electrons. The van der Waals surface area contributed by atoms with Crippen LogP contribution >= 0.6 is 0 Å². The summed E-state index contributed by atoms with van der Waals surface area (Å²) in [7, 11) is 0. The van der Waals surface area contributed by atoms with E-state index in [9.17, 15) is 4.79 Å². The summed E-state index contributed by atoms with van der Waals surface area (Å²) in [5, 5.41) is 0. The van der Waals surface area contributed by atoms with Crippen molar-refractivity contribution in [2.45, 2.75) is 38.5 Å². The molecule has 110 valence electrons. The van der Waals surface area contributed by atoms with E-state index in [2.05, 4.69) is 0 Å². The van der Waals surface area contributed by atoms with Gasteiger partial charge in [-0.1, -0.05) is 18.2 Å². The number of rotatable bonds is 3. The second kappa shape index (κ2) is 4.72. The van der Waals surface area contributed by atoms with E-state index >= 15 is 0 Å². The standard InChI is InChI=1S/C19H23NO/c20-17-4-1-13(2-5-17)3-6-18(21)19-10-14-7-15(11-19)9-16(8-14)12-19/h1-6,14-16H,7-12,20H2/b6-3+. The van der Waals surface area contributed by atoms with Crippen LogP contribution in [0.4, 0.5) is 5.69 Å². The molecule has 4 aliphatic carbocycles. The highest BCUT2D eigenvalue weighted by atomic mass is 16.1. The second-order valence-corrected chi connectivity index (χ2v) is 7.56. The van der Waals surface area contributed by atoms with Crippen LogP contribution in [0.5, 0.6) is 0 Å². The molecule has 1 aromatic carbocycles. The van der Waals surface area contributed by atoms with Crippen molar-refractivity contribution >= 4 is 17.5 Å². The van der Waals surface area contributed by atoms with Crippen molar-refractivity contribution in [2.24, 2.45) is 23.2 Å². The molecule has 4 saturated carbocycles. The Morgan fingerprint density at radius 3 is 2.05 bits per heavy atom. The quantitative estimate of drug-likeness (QED) is 0.670. The number of hydrogen-bond acceptors (Lipinski definition) is 2. The molecule has 2 nitrogen and oxygen atoms in total. The number of nitrogen functional groups attached to an aromatic ring is 1. The zero-order valence-corrected chi connectivity index (χ0v) is 12.4. The first-order valence-electron chi connectivity index (χ1n) is 8.21. The van der Waals surface area contributed by atoms with E-state index in [0.29, 0.717) is 5.78 Å². The van der Waals surface area contributed by atoms with E-state index < -0.39 is 0 Å². The van der Waals surface area contributed by atoms with Gasteiger partial charge in [-0.05, 0) is 80.1 Å². The number of nitrogens with two attached hydrogens (primary N) is 1. The van der Waals surface area contributed by atoms with Gasteiger partial charge in [0.05, 0.1) is 0 Å². The highest BCUT2D eigenvalue weighted by Gasteiger charge is 2.53. The van der Waals surface area contributed by atoms with Crippen molar-refractivity contribution in [1.29, 1.82) is 0 Å². The smallest absolute Gasteiger partial charge is 0.161 e. The maximum absolute atomic E-state index is 12.8. The van der Waals surface area contributed by atoms with E-state index in [1.165, 1.54) is 19.3 Å². The summed E-state index contributed by atoms with van der Waals surface area (Å²) in [4.78, 5) is 12.8. The van der Waals surface area contributed by atoms with Crippen LogP contribution in [-0.2, 0) is 4.79 Å².